The Balaban J connectivity index is 1.44. The molecule has 6 heteroatoms. The van der Waals surface area contributed by atoms with Gasteiger partial charge in [-0.25, -0.2) is 0 Å². The van der Waals surface area contributed by atoms with Gasteiger partial charge in [0.1, 0.15) is 6.54 Å². The van der Waals surface area contributed by atoms with Crippen molar-refractivity contribution in [2.45, 2.75) is 97.2 Å². The number of aliphatic hydroxyl groups is 1. The lowest BCUT2D eigenvalue weighted by Crippen LogP contribution is -2.58. The third-order valence-electron chi connectivity index (χ3n) is 11.1. The first-order valence-electron chi connectivity index (χ1n) is 13.3. The number of fused-ring (bicyclic) bond motifs is 5. The molecule has 188 valence electrons. The normalized spacial score (nSPS) is 45.4. The highest BCUT2D eigenvalue weighted by molar-refractivity contribution is 5.81. The van der Waals surface area contributed by atoms with E-state index in [1.54, 1.807) is 0 Å². The molecule has 0 radical (unpaired) electrons. The Morgan fingerprint density at radius 2 is 1.85 bits per heavy atom. The maximum absolute atomic E-state index is 12.1. The third kappa shape index (κ3) is 4.35. The van der Waals surface area contributed by atoms with Crippen LogP contribution in [0, 0.1) is 46.3 Å². The van der Waals surface area contributed by atoms with Gasteiger partial charge in [-0.1, -0.05) is 20.8 Å². The van der Waals surface area contributed by atoms with E-state index in [0.29, 0.717) is 47.5 Å². The Labute approximate surface area is 199 Å². The zero-order valence-electron chi connectivity index (χ0n) is 21.0. The zero-order valence-corrected chi connectivity index (χ0v) is 21.0. The molecule has 1 amide bonds. The standard InChI is InChI=1S/C27H45NO5/c1-16(5-10-24(30)28-15-25(31)32)20-8-9-21-19-7-6-17-13-18(33-4)11-12-26(17,2)22(19)14-23(29)27(20,21)3/h16-23,29H,5-15H2,1-4H3,(H,28,30)(H,31,32)/t16-,17-,18-,19+,20-,21+,22+,23+,26+,27-/m1/s1. The molecule has 0 aromatic rings. The van der Waals surface area contributed by atoms with Crippen LogP contribution < -0.4 is 5.32 Å². The lowest BCUT2D eigenvalue weighted by Gasteiger charge is -2.62. The molecule has 4 saturated carbocycles. The highest BCUT2D eigenvalue weighted by Gasteiger charge is 2.63. The van der Waals surface area contributed by atoms with Crippen LogP contribution in [-0.4, -0.2) is 48.0 Å². The third-order valence-corrected chi connectivity index (χ3v) is 11.1. The largest absolute Gasteiger partial charge is 0.480 e. The molecule has 4 aliphatic rings. The van der Waals surface area contributed by atoms with Crippen molar-refractivity contribution in [1.82, 2.24) is 5.32 Å². The van der Waals surface area contributed by atoms with Gasteiger partial charge in [-0.2, -0.15) is 0 Å². The summed E-state index contributed by atoms with van der Waals surface area (Å²) in [5.74, 6) is 2.15. The minimum Gasteiger partial charge on any atom is -0.480 e. The van der Waals surface area contributed by atoms with E-state index in [1.807, 2.05) is 7.11 Å². The maximum Gasteiger partial charge on any atom is 0.322 e. The van der Waals surface area contributed by atoms with Gasteiger partial charge in [0.05, 0.1) is 12.2 Å². The molecule has 4 aliphatic carbocycles. The van der Waals surface area contributed by atoms with Gasteiger partial charge in [-0.3, -0.25) is 9.59 Å². The molecule has 33 heavy (non-hydrogen) atoms. The quantitative estimate of drug-likeness (QED) is 0.525. The van der Waals surface area contributed by atoms with Crippen LogP contribution in [0.5, 0.6) is 0 Å². The lowest BCUT2D eigenvalue weighted by molar-refractivity contribution is -0.176. The van der Waals surface area contributed by atoms with E-state index in [9.17, 15) is 14.7 Å². The number of carboxylic acids is 1. The number of carbonyl (C=O) groups excluding carboxylic acids is 1. The number of methoxy groups -OCH3 is 1. The SMILES string of the molecule is CO[C@@H]1CC[C@@]2(C)[C@H](CC[C@@H]3[C@@H]2C[C@H](O)[C@]2(C)[C@@H]([C@H](C)CCC(=O)NCC(=O)O)CC[C@@H]32)C1. The van der Waals surface area contributed by atoms with Crippen LogP contribution in [0.3, 0.4) is 0 Å². The first-order valence-corrected chi connectivity index (χ1v) is 13.3. The summed E-state index contributed by atoms with van der Waals surface area (Å²) in [6.45, 7) is 6.77. The lowest BCUT2D eigenvalue weighted by atomic mass is 9.43. The Kier molecular flexibility index (Phi) is 7.18. The second-order valence-corrected chi connectivity index (χ2v) is 12.3. The van der Waals surface area contributed by atoms with Crippen molar-refractivity contribution in [3.63, 3.8) is 0 Å². The second-order valence-electron chi connectivity index (χ2n) is 12.3. The van der Waals surface area contributed by atoms with Gasteiger partial charge in [-0.15, -0.1) is 0 Å². The van der Waals surface area contributed by atoms with Gasteiger partial charge < -0.3 is 20.3 Å². The van der Waals surface area contributed by atoms with Crippen molar-refractivity contribution < 1.29 is 24.5 Å². The van der Waals surface area contributed by atoms with E-state index in [0.717, 1.165) is 31.6 Å². The molecule has 0 spiro atoms. The Bertz CT molecular complexity index is 742. The van der Waals surface area contributed by atoms with Crippen molar-refractivity contribution >= 4 is 11.9 Å². The van der Waals surface area contributed by atoms with Crippen molar-refractivity contribution in [1.29, 1.82) is 0 Å². The fourth-order valence-electron chi connectivity index (χ4n) is 9.18. The number of ether oxygens (including phenoxy) is 1. The van der Waals surface area contributed by atoms with Crippen molar-refractivity contribution in [2.75, 3.05) is 13.7 Å². The molecule has 3 N–H and O–H groups in total. The molecule has 6 nitrogen and oxygen atoms in total. The van der Waals surface area contributed by atoms with Crippen LogP contribution in [0.25, 0.3) is 0 Å². The first-order chi connectivity index (χ1) is 15.6. The molecular formula is C27H45NO5. The predicted molar refractivity (Wildman–Crippen MR) is 126 cm³/mol. The number of amides is 1. The van der Waals surface area contributed by atoms with Crippen molar-refractivity contribution in [2.24, 2.45) is 46.3 Å². The number of aliphatic hydroxyl groups excluding tert-OH is 1. The average molecular weight is 464 g/mol. The summed E-state index contributed by atoms with van der Waals surface area (Å²) in [6.07, 6.45) is 10.6. The van der Waals surface area contributed by atoms with Crippen LogP contribution in [-0.2, 0) is 14.3 Å². The van der Waals surface area contributed by atoms with Gasteiger partial charge in [0.25, 0.3) is 0 Å². The number of rotatable bonds is 7. The average Bonchev–Trinajstić information content (AvgIpc) is 3.15. The number of hydrogen-bond donors (Lipinski definition) is 3. The fraction of sp³-hybridized carbons (Fsp3) is 0.926. The molecule has 4 rings (SSSR count). The Morgan fingerprint density at radius 3 is 2.55 bits per heavy atom. The van der Waals surface area contributed by atoms with Crippen molar-refractivity contribution in [3.8, 4) is 0 Å². The van der Waals surface area contributed by atoms with Crippen LogP contribution in [0.1, 0.15) is 85.0 Å². The van der Waals surface area contributed by atoms with Gasteiger partial charge >= 0.3 is 5.97 Å². The monoisotopic (exact) mass is 463 g/mol. The summed E-state index contributed by atoms with van der Waals surface area (Å²) in [5, 5.41) is 22.9. The molecule has 10 atom stereocenters. The zero-order chi connectivity index (χ0) is 24.0. The topological polar surface area (TPSA) is 95.9 Å². The highest BCUT2D eigenvalue weighted by atomic mass is 16.5. The summed E-state index contributed by atoms with van der Waals surface area (Å²) in [5.41, 5.74) is 0.247. The fourth-order valence-corrected chi connectivity index (χ4v) is 9.18. The number of aliphatic carboxylic acids is 1. The molecule has 0 bridgehead atoms. The first kappa shape index (κ1) is 25.0. The summed E-state index contributed by atoms with van der Waals surface area (Å²) in [7, 11) is 1.85. The van der Waals surface area contributed by atoms with E-state index < -0.39 is 5.97 Å². The van der Waals surface area contributed by atoms with Gasteiger partial charge in [-0.05, 0) is 104 Å². The number of nitrogens with one attached hydrogen (secondary N) is 1. The summed E-state index contributed by atoms with van der Waals surface area (Å²) in [4.78, 5) is 22.8. The van der Waals surface area contributed by atoms with Crippen molar-refractivity contribution in [3.05, 3.63) is 0 Å². The van der Waals surface area contributed by atoms with E-state index in [2.05, 4.69) is 26.1 Å². The Morgan fingerprint density at radius 1 is 1.09 bits per heavy atom. The molecule has 0 aliphatic heterocycles. The predicted octanol–water partition coefficient (Wildman–Crippen LogP) is 4.25. The van der Waals surface area contributed by atoms with E-state index >= 15 is 0 Å². The maximum atomic E-state index is 12.1. The summed E-state index contributed by atoms with van der Waals surface area (Å²) < 4.78 is 5.73. The summed E-state index contributed by atoms with van der Waals surface area (Å²) >= 11 is 0. The summed E-state index contributed by atoms with van der Waals surface area (Å²) in [6, 6.07) is 0. The van der Waals surface area contributed by atoms with E-state index in [4.69, 9.17) is 9.84 Å². The van der Waals surface area contributed by atoms with Gasteiger partial charge in [0, 0.05) is 13.5 Å². The van der Waals surface area contributed by atoms with Crippen LogP contribution >= 0.6 is 0 Å². The molecule has 0 saturated heterocycles. The molecule has 0 unspecified atom stereocenters. The second kappa shape index (κ2) is 9.49. The smallest absolute Gasteiger partial charge is 0.322 e. The van der Waals surface area contributed by atoms with Crippen LogP contribution in [0.4, 0.5) is 0 Å². The van der Waals surface area contributed by atoms with E-state index in [-0.39, 0.29) is 24.0 Å². The molecule has 0 heterocycles. The number of carboxylic acid groups (broad SMARTS) is 1. The number of hydrogen-bond acceptors (Lipinski definition) is 4. The van der Waals surface area contributed by atoms with Crippen LogP contribution in [0.2, 0.25) is 0 Å². The number of carbonyl (C=O) groups is 2. The molecule has 0 aromatic carbocycles. The minimum atomic E-state index is -1.01. The molecule has 4 fully saturated rings. The van der Waals surface area contributed by atoms with E-state index in [1.165, 1.54) is 32.1 Å². The highest BCUT2D eigenvalue weighted by Crippen LogP contribution is 2.68. The minimum absolute atomic E-state index is 0.0783. The van der Waals surface area contributed by atoms with Gasteiger partial charge in [0.2, 0.25) is 5.91 Å². The molecule has 0 aromatic heterocycles. The Hall–Kier alpha value is -1.14. The van der Waals surface area contributed by atoms with Gasteiger partial charge in [0.15, 0.2) is 0 Å². The van der Waals surface area contributed by atoms with Crippen LogP contribution in [0.15, 0.2) is 0 Å². The molecular weight excluding hydrogens is 418 g/mol.